The molecule has 0 aromatic heterocycles. The fourth-order valence-electron chi connectivity index (χ4n) is 1.66. The molecule has 0 bridgehead atoms. The Balaban J connectivity index is 2.99. The monoisotopic (exact) mass is 326 g/mol. The Kier molecular flexibility index (Phi) is 5.55. The first-order valence-corrected chi connectivity index (χ1v) is 6.86. The summed E-state index contributed by atoms with van der Waals surface area (Å²) in [7, 11) is 0. The van der Waals surface area contributed by atoms with Gasteiger partial charge in [-0.15, -0.1) is 11.6 Å². The molecule has 0 aliphatic rings. The summed E-state index contributed by atoms with van der Waals surface area (Å²) in [6.07, 6.45) is 2.01. The lowest BCUT2D eigenvalue weighted by molar-refractivity contribution is 0.490. The molecule has 0 aliphatic carbocycles. The smallest absolute Gasteiger partial charge is 0.129 e. The second kappa shape index (κ2) is 6.23. The van der Waals surface area contributed by atoms with Crippen LogP contribution in [-0.2, 0) is 0 Å². The van der Waals surface area contributed by atoms with Crippen LogP contribution >= 0.6 is 39.1 Å². The van der Waals surface area contributed by atoms with E-state index in [1.54, 1.807) is 6.07 Å². The van der Waals surface area contributed by atoms with Gasteiger partial charge in [-0.1, -0.05) is 31.9 Å². The number of hydrogen-bond acceptors (Lipinski definition) is 0. The van der Waals surface area contributed by atoms with Gasteiger partial charge in [-0.2, -0.15) is 0 Å². The van der Waals surface area contributed by atoms with Gasteiger partial charge in [0.25, 0.3) is 0 Å². The fraction of sp³-hybridized carbons (Fsp3) is 0.500. The number of benzene rings is 1. The standard InChI is InChI=1S/C12H14BrCl2F/c1-3-4-7(2)12(15)8-5-10(14)9(13)6-11(8)16/h5-7,12H,3-4H2,1-2H3. The van der Waals surface area contributed by atoms with Crippen LogP contribution in [0.3, 0.4) is 0 Å². The molecule has 0 aliphatic heterocycles. The van der Waals surface area contributed by atoms with Crippen LogP contribution in [0.25, 0.3) is 0 Å². The summed E-state index contributed by atoms with van der Waals surface area (Å²) in [6, 6.07) is 2.97. The lowest BCUT2D eigenvalue weighted by atomic mass is 9.96. The van der Waals surface area contributed by atoms with Gasteiger partial charge in [0.15, 0.2) is 0 Å². The topological polar surface area (TPSA) is 0 Å². The van der Waals surface area contributed by atoms with Gasteiger partial charge in [-0.25, -0.2) is 4.39 Å². The highest BCUT2D eigenvalue weighted by molar-refractivity contribution is 9.10. The summed E-state index contributed by atoms with van der Waals surface area (Å²) in [4.78, 5) is 0. The molecule has 1 aromatic carbocycles. The number of halogens is 4. The second-order valence-corrected chi connectivity index (χ2v) is 5.69. The number of hydrogen-bond donors (Lipinski definition) is 0. The lowest BCUT2D eigenvalue weighted by Gasteiger charge is -2.18. The third-order valence-electron chi connectivity index (χ3n) is 2.58. The average Bonchev–Trinajstić information content (AvgIpc) is 2.23. The van der Waals surface area contributed by atoms with E-state index in [4.69, 9.17) is 23.2 Å². The first-order valence-electron chi connectivity index (χ1n) is 5.25. The first kappa shape index (κ1) is 14.3. The summed E-state index contributed by atoms with van der Waals surface area (Å²) in [5.74, 6) is -0.0716. The van der Waals surface area contributed by atoms with E-state index in [2.05, 4.69) is 22.9 Å². The van der Waals surface area contributed by atoms with Gasteiger partial charge >= 0.3 is 0 Å². The first-order chi connectivity index (χ1) is 7.47. The van der Waals surface area contributed by atoms with Crippen LogP contribution in [0, 0.1) is 11.7 Å². The molecule has 0 amide bonds. The maximum atomic E-state index is 13.7. The van der Waals surface area contributed by atoms with Gasteiger partial charge < -0.3 is 0 Å². The van der Waals surface area contributed by atoms with Crippen LogP contribution in [0.15, 0.2) is 16.6 Å². The van der Waals surface area contributed by atoms with Crippen LogP contribution in [-0.4, -0.2) is 0 Å². The summed E-state index contributed by atoms with van der Waals surface area (Å²) >= 11 is 15.4. The van der Waals surface area contributed by atoms with Crippen LogP contribution in [0.1, 0.15) is 37.6 Å². The summed E-state index contributed by atoms with van der Waals surface area (Å²) in [5, 5.41) is 0.163. The van der Waals surface area contributed by atoms with Gasteiger partial charge in [0, 0.05) is 10.0 Å². The molecule has 90 valence electrons. The van der Waals surface area contributed by atoms with Gasteiger partial charge in [0.1, 0.15) is 5.82 Å². The Morgan fingerprint density at radius 2 is 2.06 bits per heavy atom. The van der Waals surface area contributed by atoms with Crippen LogP contribution < -0.4 is 0 Å². The van der Waals surface area contributed by atoms with Crippen molar-refractivity contribution in [3.63, 3.8) is 0 Å². The molecule has 1 aromatic rings. The Bertz CT molecular complexity index is 368. The number of rotatable bonds is 4. The zero-order chi connectivity index (χ0) is 12.3. The summed E-state index contributed by atoms with van der Waals surface area (Å²) < 4.78 is 14.3. The van der Waals surface area contributed by atoms with Gasteiger partial charge in [0.05, 0.1) is 10.4 Å². The molecule has 4 heteroatoms. The van der Waals surface area contributed by atoms with E-state index in [1.807, 2.05) is 6.92 Å². The fourth-order valence-corrected chi connectivity index (χ4v) is 2.44. The van der Waals surface area contributed by atoms with Crippen molar-refractivity contribution >= 4 is 39.1 Å². The minimum Gasteiger partial charge on any atom is -0.207 e. The Morgan fingerprint density at radius 3 is 2.62 bits per heavy atom. The quantitative estimate of drug-likeness (QED) is 0.473. The molecule has 16 heavy (non-hydrogen) atoms. The summed E-state index contributed by atoms with van der Waals surface area (Å²) in [5.41, 5.74) is 0.482. The molecule has 0 saturated carbocycles. The third-order valence-corrected chi connectivity index (χ3v) is 4.44. The molecule has 1 rings (SSSR count). The molecule has 0 fully saturated rings. The molecule has 2 atom stereocenters. The molecule has 0 heterocycles. The summed E-state index contributed by atoms with van der Waals surface area (Å²) in [6.45, 7) is 4.11. The molecule has 0 saturated heterocycles. The van der Waals surface area contributed by atoms with E-state index in [1.165, 1.54) is 6.07 Å². The molecule has 0 spiro atoms. The Hall–Kier alpha value is 0.210. The number of alkyl halides is 1. The molecule has 2 unspecified atom stereocenters. The Morgan fingerprint density at radius 1 is 1.44 bits per heavy atom. The van der Waals surface area contributed by atoms with Gasteiger partial charge in [-0.3, -0.25) is 0 Å². The van der Waals surface area contributed by atoms with Crippen molar-refractivity contribution in [1.29, 1.82) is 0 Å². The van der Waals surface area contributed by atoms with Crippen LogP contribution in [0.5, 0.6) is 0 Å². The SMILES string of the molecule is CCCC(C)C(Cl)c1cc(Cl)c(Br)cc1F. The van der Waals surface area contributed by atoms with Crippen molar-refractivity contribution in [1.82, 2.24) is 0 Å². The van der Waals surface area contributed by atoms with Crippen molar-refractivity contribution in [2.45, 2.75) is 32.1 Å². The van der Waals surface area contributed by atoms with E-state index in [0.29, 0.717) is 15.1 Å². The van der Waals surface area contributed by atoms with Crippen molar-refractivity contribution in [2.24, 2.45) is 5.92 Å². The minimum absolute atomic E-state index is 0.235. The van der Waals surface area contributed by atoms with Crippen molar-refractivity contribution < 1.29 is 4.39 Å². The van der Waals surface area contributed by atoms with Gasteiger partial charge in [0.2, 0.25) is 0 Å². The molecule has 0 nitrogen and oxygen atoms in total. The zero-order valence-electron chi connectivity index (χ0n) is 9.24. The predicted octanol–water partition coefficient (Wildman–Crippen LogP) is 5.96. The molecular formula is C12H14BrCl2F. The van der Waals surface area contributed by atoms with E-state index >= 15 is 0 Å². The maximum absolute atomic E-state index is 13.7. The largest absolute Gasteiger partial charge is 0.207 e. The highest BCUT2D eigenvalue weighted by atomic mass is 79.9. The second-order valence-electron chi connectivity index (χ2n) is 3.96. The maximum Gasteiger partial charge on any atom is 0.129 e. The van der Waals surface area contributed by atoms with E-state index < -0.39 is 0 Å². The minimum atomic E-state index is -0.328. The third kappa shape index (κ3) is 3.35. The van der Waals surface area contributed by atoms with Crippen molar-refractivity contribution in [2.75, 3.05) is 0 Å². The lowest BCUT2D eigenvalue weighted by Crippen LogP contribution is -2.06. The average molecular weight is 328 g/mol. The van der Waals surface area contributed by atoms with Gasteiger partial charge in [-0.05, 0) is 40.4 Å². The predicted molar refractivity (Wildman–Crippen MR) is 71.8 cm³/mol. The molecule has 0 radical (unpaired) electrons. The zero-order valence-corrected chi connectivity index (χ0v) is 12.3. The highest BCUT2D eigenvalue weighted by Gasteiger charge is 2.20. The van der Waals surface area contributed by atoms with E-state index in [9.17, 15) is 4.39 Å². The van der Waals surface area contributed by atoms with Crippen molar-refractivity contribution in [3.05, 3.63) is 33.0 Å². The van der Waals surface area contributed by atoms with Crippen LogP contribution in [0.2, 0.25) is 5.02 Å². The van der Waals surface area contributed by atoms with Crippen LogP contribution in [0.4, 0.5) is 4.39 Å². The van der Waals surface area contributed by atoms with Crippen molar-refractivity contribution in [3.8, 4) is 0 Å². The normalized spacial score (nSPS) is 14.9. The Labute approximate surface area is 114 Å². The highest BCUT2D eigenvalue weighted by Crippen LogP contribution is 2.36. The van der Waals surface area contributed by atoms with E-state index in [-0.39, 0.29) is 17.1 Å². The molecular weight excluding hydrogens is 314 g/mol. The van der Waals surface area contributed by atoms with E-state index in [0.717, 1.165) is 12.8 Å². The molecule has 0 N–H and O–H groups in total.